The number of rotatable bonds is 6. The van der Waals surface area contributed by atoms with Gasteiger partial charge in [0.05, 0.1) is 22.1 Å². The van der Waals surface area contributed by atoms with Gasteiger partial charge in [0.15, 0.2) is 5.82 Å². The minimum absolute atomic E-state index is 0.0504. The molecule has 234 valence electrons. The summed E-state index contributed by atoms with van der Waals surface area (Å²) in [6.45, 7) is 5.88. The van der Waals surface area contributed by atoms with Crippen LogP contribution in [-0.2, 0) is 0 Å². The van der Waals surface area contributed by atoms with Crippen LogP contribution in [0.1, 0.15) is 45.1 Å². The third kappa shape index (κ3) is 5.00. The highest BCUT2D eigenvalue weighted by Crippen LogP contribution is 2.42. The molecule has 3 fully saturated rings. The van der Waals surface area contributed by atoms with Crippen molar-refractivity contribution in [1.82, 2.24) is 19.9 Å². The molecule has 2 N–H and O–H groups in total. The Morgan fingerprint density at radius 1 is 1.18 bits per heavy atom. The lowest BCUT2D eigenvalue weighted by Crippen LogP contribution is -2.43. The van der Waals surface area contributed by atoms with Crippen LogP contribution in [0, 0.1) is 29.9 Å². The van der Waals surface area contributed by atoms with E-state index >= 15 is 4.39 Å². The van der Waals surface area contributed by atoms with Crippen molar-refractivity contribution in [3.8, 4) is 35.4 Å². The van der Waals surface area contributed by atoms with Crippen LogP contribution in [0.3, 0.4) is 0 Å². The Morgan fingerprint density at radius 2 is 2.00 bits per heavy atom. The van der Waals surface area contributed by atoms with Crippen LogP contribution in [0.4, 0.5) is 19.0 Å². The van der Waals surface area contributed by atoms with Gasteiger partial charge in [0.2, 0.25) is 0 Å². The number of alkyl halides is 1. The summed E-state index contributed by atoms with van der Waals surface area (Å²) >= 11 is 0. The normalized spacial score (nSPS) is 23.6. The maximum Gasteiger partial charge on any atom is 0.319 e. The molecule has 0 radical (unpaired) electrons. The minimum atomic E-state index is -0.939. The van der Waals surface area contributed by atoms with Gasteiger partial charge in [-0.1, -0.05) is 12.0 Å². The highest BCUT2D eigenvalue weighted by Gasteiger charge is 2.49. The van der Waals surface area contributed by atoms with Gasteiger partial charge in [-0.05, 0) is 63.2 Å². The average Bonchev–Trinajstić information content (AvgIpc) is 3.71. The van der Waals surface area contributed by atoms with Crippen molar-refractivity contribution in [2.24, 2.45) is 5.92 Å². The number of fused-ring (bicyclic) bond motifs is 3. The second kappa shape index (κ2) is 10.7. The summed E-state index contributed by atoms with van der Waals surface area (Å²) < 4.78 is 52.1. The Hall–Kier alpha value is -4.14. The number of phenolic OH excluding ortho intramolecular Hbond substituents is 1. The first-order chi connectivity index (χ1) is 21.5. The van der Waals surface area contributed by atoms with Crippen molar-refractivity contribution >= 4 is 27.5 Å². The summed E-state index contributed by atoms with van der Waals surface area (Å²) in [6.07, 6.45) is 8.95. The highest BCUT2D eigenvalue weighted by molar-refractivity contribution is 6.03. The molecule has 5 heterocycles. The van der Waals surface area contributed by atoms with Crippen molar-refractivity contribution in [1.29, 1.82) is 0 Å². The number of anilines is 1. The number of hydrogen-bond donors (Lipinski definition) is 2. The third-order valence-electron chi connectivity index (χ3n) is 9.81. The largest absolute Gasteiger partial charge is 0.508 e. The zero-order valence-corrected chi connectivity index (χ0v) is 25.2. The van der Waals surface area contributed by atoms with Gasteiger partial charge in [0.25, 0.3) is 0 Å². The first-order valence-electron chi connectivity index (χ1n) is 15.2. The molecule has 0 saturated carbocycles. The molecule has 7 rings (SSSR count). The molecule has 45 heavy (non-hydrogen) atoms. The van der Waals surface area contributed by atoms with Crippen molar-refractivity contribution in [3.05, 3.63) is 47.7 Å². The Balaban J connectivity index is 1.37. The standard InChI is InChI=1S/C34H34F3N5O3/c1-4-23-26(36)7-6-19-12-22(43)13-24(27(19)23)29-28(37)30-25(15-38-29)31(41-11-8-20(16-41)33(2,3)44)40-32(39-30)45-18-34-9-5-10-42(34)17-21(35)14-34/h1,6-7,12-13,15,20-21,43-44H,5,8-11,14,16-18H2,2-3H3. The first kappa shape index (κ1) is 29.6. The molecule has 3 aliphatic rings. The predicted octanol–water partition coefficient (Wildman–Crippen LogP) is 5.36. The monoisotopic (exact) mass is 617 g/mol. The molecule has 3 saturated heterocycles. The summed E-state index contributed by atoms with van der Waals surface area (Å²) in [7, 11) is 0. The third-order valence-corrected chi connectivity index (χ3v) is 9.81. The van der Waals surface area contributed by atoms with Crippen LogP contribution in [0.5, 0.6) is 11.8 Å². The zero-order chi connectivity index (χ0) is 31.7. The fourth-order valence-corrected chi connectivity index (χ4v) is 7.44. The summed E-state index contributed by atoms with van der Waals surface area (Å²) in [5.74, 6) is 1.07. The van der Waals surface area contributed by atoms with Crippen LogP contribution >= 0.6 is 0 Å². The van der Waals surface area contributed by atoms with Gasteiger partial charge in [0, 0.05) is 49.1 Å². The van der Waals surface area contributed by atoms with Gasteiger partial charge in [-0.2, -0.15) is 9.97 Å². The van der Waals surface area contributed by atoms with E-state index in [4.69, 9.17) is 16.1 Å². The summed E-state index contributed by atoms with van der Waals surface area (Å²) in [4.78, 5) is 17.7. The van der Waals surface area contributed by atoms with E-state index in [0.717, 1.165) is 19.4 Å². The fourth-order valence-electron chi connectivity index (χ4n) is 7.44. The van der Waals surface area contributed by atoms with Crippen LogP contribution in [0.15, 0.2) is 30.5 Å². The molecule has 3 aliphatic heterocycles. The second-order valence-corrected chi connectivity index (χ2v) is 13.1. The van der Waals surface area contributed by atoms with E-state index in [0.29, 0.717) is 49.1 Å². The molecule has 0 spiro atoms. The number of phenols is 1. The lowest BCUT2D eigenvalue weighted by molar-refractivity contribution is 0.0263. The molecule has 2 aromatic heterocycles. The smallest absolute Gasteiger partial charge is 0.319 e. The number of ether oxygens (including phenoxy) is 1. The zero-order valence-electron chi connectivity index (χ0n) is 25.2. The molecule has 0 bridgehead atoms. The van der Waals surface area contributed by atoms with Gasteiger partial charge in [-0.3, -0.25) is 9.88 Å². The number of aliphatic hydroxyl groups is 1. The molecule has 4 aromatic rings. The summed E-state index contributed by atoms with van der Waals surface area (Å²) in [6, 6.07) is 5.33. The maximum absolute atomic E-state index is 16.7. The Morgan fingerprint density at radius 3 is 2.76 bits per heavy atom. The first-order valence-corrected chi connectivity index (χ1v) is 15.2. The van der Waals surface area contributed by atoms with Crippen LogP contribution < -0.4 is 9.64 Å². The molecular formula is C34H34F3N5O3. The molecule has 8 nitrogen and oxygen atoms in total. The van der Waals surface area contributed by atoms with E-state index in [1.54, 1.807) is 13.8 Å². The molecule has 3 atom stereocenters. The van der Waals surface area contributed by atoms with Crippen molar-refractivity contribution in [2.45, 2.75) is 56.8 Å². The molecule has 0 amide bonds. The maximum atomic E-state index is 16.7. The number of nitrogens with zero attached hydrogens (tertiary/aromatic N) is 5. The number of aromatic hydroxyl groups is 1. The lowest BCUT2D eigenvalue weighted by Gasteiger charge is -2.31. The van der Waals surface area contributed by atoms with Gasteiger partial charge < -0.3 is 19.8 Å². The number of pyridine rings is 1. The van der Waals surface area contributed by atoms with E-state index in [9.17, 15) is 19.0 Å². The Bertz CT molecular complexity index is 1870. The summed E-state index contributed by atoms with van der Waals surface area (Å²) in [5.41, 5.74) is -1.59. The average molecular weight is 618 g/mol. The van der Waals surface area contributed by atoms with Crippen LogP contribution in [0.2, 0.25) is 0 Å². The highest BCUT2D eigenvalue weighted by atomic mass is 19.1. The van der Waals surface area contributed by atoms with E-state index in [1.165, 1.54) is 30.5 Å². The van der Waals surface area contributed by atoms with Crippen LogP contribution in [-0.4, -0.2) is 80.2 Å². The number of halogens is 3. The number of aromatic nitrogens is 3. The lowest BCUT2D eigenvalue weighted by atomic mass is 9.90. The van der Waals surface area contributed by atoms with E-state index in [-0.39, 0.29) is 52.0 Å². The quantitative estimate of drug-likeness (QED) is 0.279. The second-order valence-electron chi connectivity index (χ2n) is 13.1. The Kier molecular flexibility index (Phi) is 7.06. The number of hydrogen-bond acceptors (Lipinski definition) is 8. The molecule has 2 aromatic carbocycles. The van der Waals surface area contributed by atoms with Gasteiger partial charge in [-0.25, -0.2) is 13.2 Å². The number of benzene rings is 2. The topological polar surface area (TPSA) is 94.8 Å². The molecular weight excluding hydrogens is 583 g/mol. The minimum Gasteiger partial charge on any atom is -0.508 e. The van der Waals surface area contributed by atoms with Crippen molar-refractivity contribution in [2.75, 3.05) is 37.7 Å². The van der Waals surface area contributed by atoms with E-state index in [2.05, 4.69) is 20.8 Å². The van der Waals surface area contributed by atoms with Crippen molar-refractivity contribution < 1.29 is 28.1 Å². The van der Waals surface area contributed by atoms with E-state index < -0.39 is 28.9 Å². The summed E-state index contributed by atoms with van der Waals surface area (Å²) in [5, 5.41) is 22.2. The SMILES string of the molecule is C#Cc1c(F)ccc2cc(O)cc(-c3ncc4c(N5CCC(C(C)(C)O)C5)nc(OCC56CCCN5CC(F)C6)nc4c3F)c12. The molecule has 3 unspecified atom stereocenters. The van der Waals surface area contributed by atoms with Crippen LogP contribution in [0.25, 0.3) is 32.9 Å². The van der Waals surface area contributed by atoms with E-state index in [1.807, 2.05) is 4.90 Å². The van der Waals surface area contributed by atoms with Gasteiger partial charge >= 0.3 is 6.01 Å². The predicted molar refractivity (Wildman–Crippen MR) is 165 cm³/mol. The Labute approximate surface area is 258 Å². The fraction of sp³-hybridized carbons (Fsp3) is 0.441. The number of terminal acetylenes is 1. The van der Waals surface area contributed by atoms with Crippen molar-refractivity contribution in [3.63, 3.8) is 0 Å². The molecule has 11 heteroatoms. The van der Waals surface area contributed by atoms with Gasteiger partial charge in [0.1, 0.15) is 41.4 Å². The van der Waals surface area contributed by atoms with Gasteiger partial charge in [-0.15, -0.1) is 6.42 Å². The molecule has 0 aliphatic carbocycles.